The average molecular weight is 161 g/mol. The van der Waals surface area contributed by atoms with Gasteiger partial charge in [-0.1, -0.05) is 0 Å². The summed E-state index contributed by atoms with van der Waals surface area (Å²) in [5.41, 5.74) is 0. The normalized spacial score (nSPS) is 25.4. The van der Waals surface area contributed by atoms with Crippen LogP contribution in [-0.2, 0) is 0 Å². The van der Waals surface area contributed by atoms with E-state index in [4.69, 9.17) is 0 Å². The minimum Gasteiger partial charge on any atom is -0.271 e. The highest BCUT2D eigenvalue weighted by Gasteiger charge is 2.34. The van der Waals surface area contributed by atoms with Crippen molar-refractivity contribution in [2.24, 2.45) is 0 Å². The monoisotopic (exact) mass is 161 g/mol. The van der Waals surface area contributed by atoms with Gasteiger partial charge < -0.3 is 0 Å². The van der Waals surface area contributed by atoms with E-state index in [9.17, 15) is 0 Å². The van der Waals surface area contributed by atoms with Crippen LogP contribution in [0.2, 0.25) is 0 Å². The SMILES string of the molecule is SS1(n2cnnc2)CC1. The van der Waals surface area contributed by atoms with Crippen LogP contribution in [-0.4, -0.2) is 25.7 Å². The molecule has 1 aromatic heterocycles. The fourth-order valence-corrected chi connectivity index (χ4v) is 3.03. The minimum absolute atomic E-state index is 0.723. The lowest BCUT2D eigenvalue weighted by molar-refractivity contribution is 1.09. The van der Waals surface area contributed by atoms with Gasteiger partial charge in [-0.3, -0.25) is 3.97 Å². The molecule has 3 nitrogen and oxygen atoms in total. The zero-order valence-corrected chi connectivity index (χ0v) is 6.48. The fourth-order valence-electron chi connectivity index (χ4n) is 0.652. The number of rotatable bonds is 1. The van der Waals surface area contributed by atoms with E-state index < -0.39 is 9.25 Å². The molecule has 1 saturated heterocycles. The van der Waals surface area contributed by atoms with E-state index in [-0.39, 0.29) is 0 Å². The molecule has 2 heterocycles. The first-order chi connectivity index (χ1) is 4.31. The molecule has 1 aliphatic heterocycles. The van der Waals surface area contributed by atoms with Crippen LogP contribution in [0, 0.1) is 0 Å². The molecular weight excluding hydrogens is 154 g/mol. The van der Waals surface area contributed by atoms with E-state index in [2.05, 4.69) is 21.9 Å². The zero-order chi connectivity index (χ0) is 6.32. The fraction of sp³-hybridized carbons (Fsp3) is 0.500. The molecule has 0 aliphatic carbocycles. The lowest BCUT2D eigenvalue weighted by Crippen LogP contribution is -1.85. The Labute approximate surface area is 59.7 Å². The van der Waals surface area contributed by atoms with Crippen LogP contribution in [0.5, 0.6) is 0 Å². The van der Waals surface area contributed by atoms with Crippen molar-refractivity contribution in [2.75, 3.05) is 11.5 Å². The van der Waals surface area contributed by atoms with Crippen LogP contribution in [0.3, 0.4) is 0 Å². The van der Waals surface area contributed by atoms with Gasteiger partial charge in [-0.2, -0.15) is 0 Å². The maximum absolute atomic E-state index is 4.49. The van der Waals surface area contributed by atoms with Crippen LogP contribution in [0.15, 0.2) is 12.7 Å². The summed E-state index contributed by atoms with van der Waals surface area (Å²) in [7, 11) is -0.723. The standard InChI is InChI=1S/C4H7N3S2/c8-9(1-2-9)7-3-5-6-4-7/h3-4,8H,1-2H2. The predicted octanol–water partition coefficient (Wildman–Crippen LogP) is 0.704. The smallest absolute Gasteiger partial charge is 0.128 e. The Balaban J connectivity index is 2.34. The van der Waals surface area contributed by atoms with Gasteiger partial charge in [0.25, 0.3) is 0 Å². The molecular formula is C4H7N3S2. The van der Waals surface area contributed by atoms with Gasteiger partial charge in [-0.05, 0) is 0 Å². The molecule has 1 aliphatic rings. The third kappa shape index (κ3) is 0.840. The summed E-state index contributed by atoms with van der Waals surface area (Å²) in [6.45, 7) is 0. The van der Waals surface area contributed by atoms with Gasteiger partial charge in [0, 0.05) is 11.5 Å². The Morgan fingerprint density at radius 1 is 1.33 bits per heavy atom. The van der Waals surface area contributed by atoms with Gasteiger partial charge in [0.05, 0.1) is 0 Å². The van der Waals surface area contributed by atoms with Crippen LogP contribution in [0.4, 0.5) is 0 Å². The molecule has 0 radical (unpaired) electrons. The first kappa shape index (κ1) is 5.61. The molecule has 0 aromatic carbocycles. The Kier molecular flexibility index (Phi) is 1.04. The third-order valence-electron chi connectivity index (χ3n) is 1.36. The predicted molar refractivity (Wildman–Crippen MR) is 41.7 cm³/mol. The maximum Gasteiger partial charge on any atom is 0.128 e. The van der Waals surface area contributed by atoms with Crippen molar-refractivity contribution in [1.29, 1.82) is 0 Å². The molecule has 0 saturated carbocycles. The van der Waals surface area contributed by atoms with E-state index in [0.717, 1.165) is 0 Å². The summed E-state index contributed by atoms with van der Waals surface area (Å²) < 4.78 is 2.02. The van der Waals surface area contributed by atoms with Crippen molar-refractivity contribution < 1.29 is 0 Å². The Morgan fingerprint density at radius 2 is 1.89 bits per heavy atom. The molecule has 5 heteroatoms. The number of aromatic nitrogens is 3. The maximum atomic E-state index is 4.49. The number of thiol groups is 1. The summed E-state index contributed by atoms with van der Waals surface area (Å²) in [5, 5.41) is 7.43. The third-order valence-corrected chi connectivity index (χ3v) is 5.13. The summed E-state index contributed by atoms with van der Waals surface area (Å²) in [5.74, 6) is 2.43. The molecule has 1 fully saturated rings. The van der Waals surface area contributed by atoms with E-state index in [1.54, 1.807) is 12.7 Å². The van der Waals surface area contributed by atoms with Gasteiger partial charge in [0.2, 0.25) is 0 Å². The van der Waals surface area contributed by atoms with Gasteiger partial charge in [0.15, 0.2) is 0 Å². The Morgan fingerprint density at radius 3 is 2.33 bits per heavy atom. The molecule has 2 rings (SSSR count). The first-order valence-electron chi connectivity index (χ1n) is 2.68. The second-order valence-electron chi connectivity index (χ2n) is 2.03. The lowest BCUT2D eigenvalue weighted by Gasteiger charge is -2.11. The Hall–Kier alpha value is -0.160. The van der Waals surface area contributed by atoms with Gasteiger partial charge in [-0.25, -0.2) is 0 Å². The molecule has 50 valence electrons. The van der Waals surface area contributed by atoms with E-state index in [0.29, 0.717) is 0 Å². The molecule has 1 aromatic rings. The first-order valence-corrected chi connectivity index (χ1v) is 5.66. The highest BCUT2D eigenvalue weighted by molar-refractivity contribution is 8.90. The molecule has 0 atom stereocenters. The van der Waals surface area contributed by atoms with Crippen molar-refractivity contribution in [3.8, 4) is 0 Å². The summed E-state index contributed by atoms with van der Waals surface area (Å²) in [4.78, 5) is 0. The number of nitrogens with zero attached hydrogens (tertiary/aromatic N) is 3. The largest absolute Gasteiger partial charge is 0.271 e. The molecule has 0 bridgehead atoms. The number of hydrogen-bond acceptors (Lipinski definition) is 3. The highest BCUT2D eigenvalue weighted by atomic mass is 33.1. The van der Waals surface area contributed by atoms with Gasteiger partial charge in [-0.15, -0.1) is 31.1 Å². The van der Waals surface area contributed by atoms with Crippen molar-refractivity contribution in [3.05, 3.63) is 12.7 Å². The molecule has 0 amide bonds. The van der Waals surface area contributed by atoms with Crippen LogP contribution >= 0.6 is 20.9 Å². The van der Waals surface area contributed by atoms with E-state index in [1.807, 2.05) is 3.97 Å². The van der Waals surface area contributed by atoms with Crippen molar-refractivity contribution >= 4 is 20.9 Å². The Bertz CT molecular complexity index is 204. The number of hydrogen-bond donors (Lipinski definition) is 1. The van der Waals surface area contributed by atoms with Crippen molar-refractivity contribution in [3.63, 3.8) is 0 Å². The van der Waals surface area contributed by atoms with Gasteiger partial charge in [0.1, 0.15) is 12.7 Å². The van der Waals surface area contributed by atoms with Crippen molar-refractivity contribution in [2.45, 2.75) is 0 Å². The topological polar surface area (TPSA) is 30.7 Å². The molecule has 0 unspecified atom stereocenters. The van der Waals surface area contributed by atoms with Crippen LogP contribution in [0.25, 0.3) is 0 Å². The second kappa shape index (κ2) is 1.67. The molecule has 9 heavy (non-hydrogen) atoms. The van der Waals surface area contributed by atoms with Crippen molar-refractivity contribution in [1.82, 2.24) is 14.2 Å². The van der Waals surface area contributed by atoms with E-state index >= 15 is 0 Å². The lowest BCUT2D eigenvalue weighted by atomic mass is 11.0. The summed E-state index contributed by atoms with van der Waals surface area (Å²) >= 11 is 4.49. The van der Waals surface area contributed by atoms with Gasteiger partial charge >= 0.3 is 0 Å². The molecule has 0 spiro atoms. The minimum atomic E-state index is -0.723. The summed E-state index contributed by atoms with van der Waals surface area (Å²) in [6.07, 6.45) is 3.49. The summed E-state index contributed by atoms with van der Waals surface area (Å²) in [6, 6.07) is 0. The quantitative estimate of drug-likeness (QED) is 0.373. The highest BCUT2D eigenvalue weighted by Crippen LogP contribution is 2.65. The van der Waals surface area contributed by atoms with Crippen LogP contribution < -0.4 is 0 Å². The molecule has 0 N–H and O–H groups in total. The van der Waals surface area contributed by atoms with Crippen LogP contribution in [0.1, 0.15) is 0 Å². The average Bonchev–Trinajstić information content (AvgIpc) is 2.46. The zero-order valence-electron chi connectivity index (χ0n) is 4.77. The van der Waals surface area contributed by atoms with E-state index in [1.165, 1.54) is 11.5 Å². The second-order valence-corrected chi connectivity index (χ2v) is 6.91.